The topological polar surface area (TPSA) is 54.4 Å². The number of hydrogen-bond acceptors (Lipinski definition) is 2. The number of fused-ring (bicyclic) bond motifs is 3. The third-order valence-corrected chi connectivity index (χ3v) is 7.80. The zero-order valence-electron chi connectivity index (χ0n) is 14.2. The summed E-state index contributed by atoms with van der Waals surface area (Å²) in [5.74, 6) is -0.298. The summed E-state index contributed by atoms with van der Waals surface area (Å²) in [6, 6.07) is 0. The molecule has 0 radical (unpaired) electrons. The first kappa shape index (κ1) is 15.2. The summed E-state index contributed by atoms with van der Waals surface area (Å²) < 4.78 is 0. The van der Waals surface area contributed by atoms with E-state index in [4.69, 9.17) is 0 Å². The number of aliphatic carboxylic acids is 1. The van der Waals surface area contributed by atoms with Crippen LogP contribution >= 0.6 is 0 Å². The molecule has 3 heteroatoms. The van der Waals surface area contributed by atoms with Crippen molar-refractivity contribution in [3.05, 3.63) is 23.8 Å². The van der Waals surface area contributed by atoms with E-state index in [1.165, 1.54) is 5.57 Å². The zero-order valence-corrected chi connectivity index (χ0v) is 14.2. The van der Waals surface area contributed by atoms with Crippen molar-refractivity contribution >= 4 is 11.8 Å². The first-order valence-electron chi connectivity index (χ1n) is 8.91. The van der Waals surface area contributed by atoms with E-state index in [0.29, 0.717) is 0 Å². The summed E-state index contributed by atoms with van der Waals surface area (Å²) >= 11 is 0. The van der Waals surface area contributed by atoms with Crippen LogP contribution in [0.5, 0.6) is 0 Å². The lowest BCUT2D eigenvalue weighted by Gasteiger charge is -2.59. The molecule has 4 rings (SSSR count). The third kappa shape index (κ3) is 1.71. The molecule has 0 unspecified atom stereocenters. The monoisotopic (exact) mass is 314 g/mol. The van der Waals surface area contributed by atoms with Gasteiger partial charge in [-0.1, -0.05) is 31.1 Å². The zero-order chi connectivity index (χ0) is 16.6. The van der Waals surface area contributed by atoms with E-state index < -0.39 is 11.4 Å². The van der Waals surface area contributed by atoms with Crippen molar-refractivity contribution in [1.29, 1.82) is 0 Å². The maximum absolute atomic E-state index is 12.6. The summed E-state index contributed by atoms with van der Waals surface area (Å²) in [7, 11) is 0. The summed E-state index contributed by atoms with van der Waals surface area (Å²) in [5.41, 5.74) is 1.66. The molecule has 5 atom stereocenters. The summed E-state index contributed by atoms with van der Waals surface area (Å²) in [4.78, 5) is 24.6. The van der Waals surface area contributed by atoms with Gasteiger partial charge >= 0.3 is 5.97 Å². The van der Waals surface area contributed by atoms with Gasteiger partial charge in [0.25, 0.3) is 0 Å². The molecule has 0 aromatic heterocycles. The first-order chi connectivity index (χ1) is 10.7. The van der Waals surface area contributed by atoms with Crippen molar-refractivity contribution in [3.63, 3.8) is 0 Å². The Morgan fingerprint density at radius 2 is 2.04 bits per heavy atom. The summed E-state index contributed by atoms with van der Waals surface area (Å²) in [6.45, 7) is 8.33. The van der Waals surface area contributed by atoms with Gasteiger partial charge in [-0.25, -0.2) is 0 Å². The molecule has 3 nitrogen and oxygen atoms in total. The molecular formula is C20H26O3. The smallest absolute Gasteiger partial charge is 0.309 e. The first-order valence-corrected chi connectivity index (χ1v) is 8.91. The number of carboxylic acid groups (broad SMARTS) is 1. The Morgan fingerprint density at radius 3 is 2.74 bits per heavy atom. The van der Waals surface area contributed by atoms with Crippen LogP contribution in [0, 0.1) is 28.1 Å². The SMILES string of the molecule is C=C1C[C@@]23CC[C@@H]4[C@](C)(C(=O)O)CCC[C@@]4(C)C2=CC(=O)[C@H]1C3. The van der Waals surface area contributed by atoms with E-state index in [2.05, 4.69) is 13.5 Å². The van der Waals surface area contributed by atoms with Crippen LogP contribution in [0.25, 0.3) is 0 Å². The largest absolute Gasteiger partial charge is 0.481 e. The molecule has 4 aliphatic carbocycles. The van der Waals surface area contributed by atoms with E-state index in [1.54, 1.807) is 0 Å². The minimum Gasteiger partial charge on any atom is -0.481 e. The lowest BCUT2D eigenvalue weighted by molar-refractivity contribution is -0.161. The molecule has 0 saturated heterocycles. The predicted molar refractivity (Wildman–Crippen MR) is 87.8 cm³/mol. The fourth-order valence-corrected chi connectivity index (χ4v) is 6.67. The van der Waals surface area contributed by atoms with Crippen LogP contribution < -0.4 is 0 Å². The Labute approximate surface area is 137 Å². The molecule has 124 valence electrons. The second-order valence-electron chi connectivity index (χ2n) is 8.92. The van der Waals surface area contributed by atoms with Gasteiger partial charge in [-0.15, -0.1) is 0 Å². The maximum atomic E-state index is 12.6. The van der Waals surface area contributed by atoms with E-state index in [0.717, 1.165) is 50.5 Å². The average molecular weight is 314 g/mol. The number of carbonyl (C=O) groups is 2. The van der Waals surface area contributed by atoms with Gasteiger partial charge in [0, 0.05) is 5.92 Å². The second-order valence-corrected chi connectivity index (χ2v) is 8.92. The Morgan fingerprint density at radius 1 is 1.30 bits per heavy atom. The number of rotatable bonds is 1. The molecule has 0 heterocycles. The molecule has 1 spiro atoms. The molecule has 0 aromatic rings. The molecular weight excluding hydrogens is 288 g/mol. The summed E-state index contributed by atoms with van der Waals surface area (Å²) in [5, 5.41) is 9.87. The highest BCUT2D eigenvalue weighted by Gasteiger charge is 2.63. The van der Waals surface area contributed by atoms with Gasteiger partial charge in [0.2, 0.25) is 0 Å². The van der Waals surface area contributed by atoms with Gasteiger partial charge in [-0.3, -0.25) is 9.59 Å². The Hall–Kier alpha value is -1.38. The van der Waals surface area contributed by atoms with Crippen LogP contribution in [-0.2, 0) is 9.59 Å². The fraction of sp³-hybridized carbons (Fsp3) is 0.700. The quantitative estimate of drug-likeness (QED) is 0.740. The van der Waals surface area contributed by atoms with Crippen LogP contribution in [0.2, 0.25) is 0 Å². The number of ketones is 1. The Bertz CT molecular complexity index is 660. The molecule has 4 aliphatic rings. The van der Waals surface area contributed by atoms with Crippen LogP contribution in [0.1, 0.15) is 58.8 Å². The van der Waals surface area contributed by atoms with Crippen molar-refractivity contribution in [1.82, 2.24) is 0 Å². The van der Waals surface area contributed by atoms with Crippen molar-refractivity contribution in [2.75, 3.05) is 0 Å². The number of hydrogen-bond donors (Lipinski definition) is 1. The molecule has 3 fully saturated rings. The standard InChI is InChI=1S/C20H26O3/c1-12-10-20-8-5-15-18(2,6-4-7-19(15,3)17(22)23)16(20)9-14(21)13(12)11-20/h9,13,15H,1,4-8,10-11H2,2-3H3,(H,22,23)/t13-,15-,18+,19+,20+/m0/s1. The lowest BCUT2D eigenvalue weighted by Crippen LogP contribution is -2.54. The fourth-order valence-electron chi connectivity index (χ4n) is 6.67. The molecule has 0 aromatic carbocycles. The molecule has 1 N–H and O–H groups in total. The van der Waals surface area contributed by atoms with Gasteiger partial charge in [-0.05, 0) is 68.3 Å². The van der Waals surface area contributed by atoms with Gasteiger partial charge in [0.1, 0.15) is 0 Å². The highest BCUT2D eigenvalue weighted by molar-refractivity contribution is 5.97. The van der Waals surface area contributed by atoms with Gasteiger partial charge in [-0.2, -0.15) is 0 Å². The van der Waals surface area contributed by atoms with Crippen molar-refractivity contribution in [2.45, 2.75) is 58.8 Å². The van der Waals surface area contributed by atoms with E-state index >= 15 is 0 Å². The minimum atomic E-state index is -0.666. The normalized spacial score (nSPS) is 48.5. The van der Waals surface area contributed by atoms with Gasteiger partial charge in [0.05, 0.1) is 5.41 Å². The highest BCUT2D eigenvalue weighted by atomic mass is 16.4. The van der Waals surface area contributed by atoms with Crippen molar-refractivity contribution < 1.29 is 14.7 Å². The summed E-state index contributed by atoms with van der Waals surface area (Å²) in [6.07, 6.45) is 8.44. The number of carbonyl (C=O) groups excluding carboxylic acids is 1. The molecule has 2 bridgehead atoms. The van der Waals surface area contributed by atoms with Gasteiger partial charge < -0.3 is 5.11 Å². The molecule has 0 amide bonds. The molecule has 0 aliphatic heterocycles. The Kier molecular flexibility index (Phi) is 2.88. The van der Waals surface area contributed by atoms with Crippen LogP contribution in [0.3, 0.4) is 0 Å². The third-order valence-electron chi connectivity index (χ3n) is 7.80. The Balaban J connectivity index is 1.84. The van der Waals surface area contributed by atoms with Crippen molar-refractivity contribution in [3.8, 4) is 0 Å². The minimum absolute atomic E-state index is 0.0216. The average Bonchev–Trinajstić information content (AvgIpc) is 2.75. The van der Waals surface area contributed by atoms with Crippen LogP contribution in [-0.4, -0.2) is 16.9 Å². The molecule has 23 heavy (non-hydrogen) atoms. The van der Waals surface area contributed by atoms with E-state index in [-0.39, 0.29) is 28.4 Å². The predicted octanol–water partition coefficient (Wildman–Crippen LogP) is 4.14. The van der Waals surface area contributed by atoms with Gasteiger partial charge in [0.15, 0.2) is 5.78 Å². The van der Waals surface area contributed by atoms with Crippen molar-refractivity contribution in [2.24, 2.45) is 28.1 Å². The van der Waals surface area contributed by atoms with Crippen LogP contribution in [0.4, 0.5) is 0 Å². The number of allylic oxidation sites excluding steroid dienone is 3. The molecule has 3 saturated carbocycles. The maximum Gasteiger partial charge on any atom is 0.309 e. The van der Waals surface area contributed by atoms with E-state index in [9.17, 15) is 14.7 Å². The van der Waals surface area contributed by atoms with Crippen LogP contribution in [0.15, 0.2) is 23.8 Å². The van der Waals surface area contributed by atoms with E-state index in [1.807, 2.05) is 13.0 Å². The lowest BCUT2D eigenvalue weighted by atomic mass is 9.44. The second kappa shape index (κ2) is 4.37. The highest BCUT2D eigenvalue weighted by Crippen LogP contribution is 2.70. The number of carboxylic acids is 1.